The van der Waals surface area contributed by atoms with Gasteiger partial charge in [0.1, 0.15) is 0 Å². The minimum absolute atomic E-state index is 0.152. The normalized spacial score (nSPS) is 10.9. The van der Waals surface area contributed by atoms with Crippen molar-refractivity contribution in [3.05, 3.63) is 60.2 Å². The molecule has 98 valence electrons. The van der Waals surface area contributed by atoms with Crippen LogP contribution in [0.15, 0.2) is 59.5 Å². The van der Waals surface area contributed by atoms with Crippen LogP contribution in [0.3, 0.4) is 0 Å². The van der Waals surface area contributed by atoms with Gasteiger partial charge in [0, 0.05) is 11.3 Å². The lowest BCUT2D eigenvalue weighted by molar-refractivity contribution is 0.100. The number of rotatable bonds is 4. The van der Waals surface area contributed by atoms with E-state index in [0.29, 0.717) is 5.69 Å². The first kappa shape index (κ1) is 13.1. The molecule has 0 unspecified atom stereocenters. The molecule has 2 aromatic rings. The highest BCUT2D eigenvalue weighted by molar-refractivity contribution is 7.92. The Hall–Kier alpha value is -2.34. The summed E-state index contributed by atoms with van der Waals surface area (Å²) in [7, 11) is -3.66. The van der Waals surface area contributed by atoms with Crippen LogP contribution in [0.1, 0.15) is 10.4 Å². The van der Waals surface area contributed by atoms with Crippen molar-refractivity contribution in [1.29, 1.82) is 0 Å². The standard InChI is InChI=1S/C13H12N2O3S/c14-13(16)10-5-4-6-11(9-10)15-19(17,18)12-7-2-1-3-8-12/h1-9,15H,(H2,14,16). The Bertz CT molecular complexity index is 697. The number of hydrogen-bond donors (Lipinski definition) is 2. The van der Waals surface area contributed by atoms with E-state index in [1.54, 1.807) is 30.3 Å². The second-order valence-electron chi connectivity index (χ2n) is 3.86. The first-order valence-corrected chi connectivity index (χ1v) is 6.95. The fourth-order valence-corrected chi connectivity index (χ4v) is 2.62. The summed E-state index contributed by atoms with van der Waals surface area (Å²) < 4.78 is 26.5. The first-order valence-electron chi connectivity index (χ1n) is 5.47. The van der Waals surface area contributed by atoms with Crippen molar-refractivity contribution < 1.29 is 13.2 Å². The number of benzene rings is 2. The molecule has 0 atom stereocenters. The number of carbonyl (C=O) groups excluding carboxylic acids is 1. The maximum atomic E-state index is 12.1. The van der Waals surface area contributed by atoms with E-state index < -0.39 is 15.9 Å². The van der Waals surface area contributed by atoms with Crippen LogP contribution in [-0.2, 0) is 10.0 Å². The SMILES string of the molecule is NC(=O)c1cccc(NS(=O)(=O)c2ccccc2)c1. The van der Waals surface area contributed by atoms with E-state index in [9.17, 15) is 13.2 Å². The number of primary amides is 1. The molecule has 0 saturated heterocycles. The van der Waals surface area contributed by atoms with Crippen molar-refractivity contribution in [2.24, 2.45) is 5.73 Å². The molecular weight excluding hydrogens is 264 g/mol. The van der Waals surface area contributed by atoms with Gasteiger partial charge in [-0.05, 0) is 30.3 Å². The molecule has 0 heterocycles. The molecule has 0 radical (unpaired) electrons. The number of hydrogen-bond acceptors (Lipinski definition) is 3. The molecule has 0 saturated carbocycles. The number of anilines is 1. The third-order valence-corrected chi connectivity index (χ3v) is 3.85. The third-order valence-electron chi connectivity index (χ3n) is 2.45. The topological polar surface area (TPSA) is 89.3 Å². The maximum absolute atomic E-state index is 12.1. The summed E-state index contributed by atoms with van der Waals surface area (Å²) in [6.07, 6.45) is 0. The molecule has 0 spiro atoms. The first-order chi connectivity index (χ1) is 8.99. The molecule has 6 heteroatoms. The number of amides is 1. The summed E-state index contributed by atoms with van der Waals surface area (Å²) in [4.78, 5) is 11.2. The van der Waals surface area contributed by atoms with E-state index in [1.807, 2.05) is 0 Å². The number of nitrogens with one attached hydrogen (secondary N) is 1. The van der Waals surface area contributed by atoms with Gasteiger partial charge in [0.15, 0.2) is 0 Å². The summed E-state index contributed by atoms with van der Waals surface area (Å²) in [6.45, 7) is 0. The zero-order valence-corrected chi connectivity index (χ0v) is 10.7. The Labute approximate surface area is 111 Å². The lowest BCUT2D eigenvalue weighted by atomic mass is 10.2. The molecule has 0 aliphatic rings. The van der Waals surface area contributed by atoms with E-state index in [1.165, 1.54) is 24.3 Å². The molecule has 19 heavy (non-hydrogen) atoms. The maximum Gasteiger partial charge on any atom is 0.261 e. The van der Waals surface area contributed by atoms with Gasteiger partial charge in [-0.1, -0.05) is 24.3 Å². The summed E-state index contributed by atoms with van der Waals surface area (Å²) in [5.74, 6) is -0.610. The van der Waals surface area contributed by atoms with Gasteiger partial charge in [-0.2, -0.15) is 0 Å². The number of nitrogens with two attached hydrogens (primary N) is 1. The van der Waals surface area contributed by atoms with Crippen LogP contribution < -0.4 is 10.5 Å². The monoisotopic (exact) mass is 276 g/mol. The highest BCUT2D eigenvalue weighted by Gasteiger charge is 2.13. The smallest absolute Gasteiger partial charge is 0.261 e. The molecule has 0 aromatic heterocycles. The van der Waals surface area contributed by atoms with Gasteiger partial charge in [0.05, 0.1) is 4.90 Å². The lowest BCUT2D eigenvalue weighted by Crippen LogP contribution is -2.14. The van der Waals surface area contributed by atoms with Crippen LogP contribution in [0.4, 0.5) is 5.69 Å². The summed E-state index contributed by atoms with van der Waals surface area (Å²) in [6, 6.07) is 14.0. The zero-order chi connectivity index (χ0) is 13.9. The van der Waals surface area contributed by atoms with Crippen LogP contribution >= 0.6 is 0 Å². The molecule has 5 nitrogen and oxygen atoms in total. The van der Waals surface area contributed by atoms with Gasteiger partial charge in [0.25, 0.3) is 10.0 Å². The van der Waals surface area contributed by atoms with Crippen LogP contribution in [0.5, 0.6) is 0 Å². The Morgan fingerprint density at radius 1 is 1.00 bits per heavy atom. The Morgan fingerprint density at radius 2 is 1.68 bits per heavy atom. The molecule has 0 fully saturated rings. The highest BCUT2D eigenvalue weighted by atomic mass is 32.2. The second-order valence-corrected chi connectivity index (χ2v) is 5.55. The molecular formula is C13H12N2O3S. The van der Waals surface area contributed by atoms with Crippen molar-refractivity contribution in [3.63, 3.8) is 0 Å². The predicted octanol–water partition coefficient (Wildman–Crippen LogP) is 1.59. The van der Waals surface area contributed by atoms with Crippen LogP contribution in [-0.4, -0.2) is 14.3 Å². The Morgan fingerprint density at radius 3 is 2.32 bits per heavy atom. The third kappa shape index (κ3) is 3.11. The summed E-state index contributed by atoms with van der Waals surface area (Å²) in [5, 5.41) is 0. The predicted molar refractivity (Wildman–Crippen MR) is 72.2 cm³/mol. The summed E-state index contributed by atoms with van der Waals surface area (Å²) >= 11 is 0. The number of sulfonamides is 1. The van der Waals surface area contributed by atoms with Crippen molar-refractivity contribution in [2.45, 2.75) is 4.90 Å². The molecule has 0 aliphatic carbocycles. The van der Waals surface area contributed by atoms with Gasteiger partial charge in [-0.3, -0.25) is 9.52 Å². The summed E-state index contributed by atoms with van der Waals surface area (Å²) in [5.41, 5.74) is 5.68. The Kier molecular flexibility index (Phi) is 3.52. The van der Waals surface area contributed by atoms with Gasteiger partial charge in [-0.15, -0.1) is 0 Å². The van der Waals surface area contributed by atoms with E-state index in [2.05, 4.69) is 4.72 Å². The quantitative estimate of drug-likeness (QED) is 0.888. The van der Waals surface area contributed by atoms with Gasteiger partial charge in [0.2, 0.25) is 5.91 Å². The molecule has 2 rings (SSSR count). The minimum Gasteiger partial charge on any atom is -0.366 e. The fourth-order valence-electron chi connectivity index (χ4n) is 1.55. The van der Waals surface area contributed by atoms with Crippen LogP contribution in [0.25, 0.3) is 0 Å². The van der Waals surface area contributed by atoms with E-state index in [-0.39, 0.29) is 10.5 Å². The van der Waals surface area contributed by atoms with Crippen LogP contribution in [0.2, 0.25) is 0 Å². The van der Waals surface area contributed by atoms with Crippen molar-refractivity contribution >= 4 is 21.6 Å². The van der Waals surface area contributed by atoms with Crippen molar-refractivity contribution in [3.8, 4) is 0 Å². The van der Waals surface area contributed by atoms with Crippen molar-refractivity contribution in [2.75, 3.05) is 4.72 Å². The largest absolute Gasteiger partial charge is 0.366 e. The lowest BCUT2D eigenvalue weighted by Gasteiger charge is -2.08. The van der Waals surface area contributed by atoms with E-state index in [0.717, 1.165) is 0 Å². The molecule has 0 aliphatic heterocycles. The Balaban J connectivity index is 2.31. The van der Waals surface area contributed by atoms with Crippen molar-refractivity contribution in [1.82, 2.24) is 0 Å². The van der Waals surface area contributed by atoms with Gasteiger partial charge in [-0.25, -0.2) is 8.42 Å². The second kappa shape index (κ2) is 5.11. The molecule has 3 N–H and O–H groups in total. The average molecular weight is 276 g/mol. The zero-order valence-electron chi connectivity index (χ0n) is 9.91. The highest BCUT2D eigenvalue weighted by Crippen LogP contribution is 2.16. The van der Waals surface area contributed by atoms with Gasteiger partial charge < -0.3 is 5.73 Å². The fraction of sp³-hybridized carbons (Fsp3) is 0. The molecule has 2 aromatic carbocycles. The van der Waals surface area contributed by atoms with Gasteiger partial charge >= 0.3 is 0 Å². The average Bonchev–Trinajstić information content (AvgIpc) is 2.39. The van der Waals surface area contributed by atoms with Crippen LogP contribution in [0, 0.1) is 0 Å². The van der Waals surface area contributed by atoms with E-state index in [4.69, 9.17) is 5.73 Å². The number of carbonyl (C=O) groups is 1. The van der Waals surface area contributed by atoms with E-state index >= 15 is 0 Å². The molecule has 1 amide bonds. The molecule has 0 bridgehead atoms. The minimum atomic E-state index is -3.66.